The zero-order chi connectivity index (χ0) is 15.5. The topological polar surface area (TPSA) is 42.2 Å². The lowest BCUT2D eigenvalue weighted by atomic mass is 10.1. The van der Waals surface area contributed by atoms with Gasteiger partial charge < -0.3 is 9.73 Å². The predicted molar refractivity (Wildman–Crippen MR) is 91.1 cm³/mol. The minimum Gasteiger partial charge on any atom is -0.450 e. The highest BCUT2D eigenvalue weighted by Gasteiger charge is 2.13. The zero-order valence-electron chi connectivity index (χ0n) is 12.2. The molecule has 2 aromatic carbocycles. The number of furan rings is 1. The fraction of sp³-hybridized carbons (Fsp3) is 0.167. The van der Waals surface area contributed by atoms with Crippen LogP contribution in [0.15, 0.2) is 57.4 Å². The number of carbonyl (C=O) groups excluding carboxylic acids is 1. The van der Waals surface area contributed by atoms with E-state index in [9.17, 15) is 4.79 Å². The van der Waals surface area contributed by atoms with Crippen LogP contribution in [0.4, 0.5) is 0 Å². The van der Waals surface area contributed by atoms with E-state index in [-0.39, 0.29) is 5.91 Å². The van der Waals surface area contributed by atoms with Gasteiger partial charge in [-0.05, 0) is 52.5 Å². The summed E-state index contributed by atoms with van der Waals surface area (Å²) in [5, 5.41) is 3.82. The zero-order valence-corrected chi connectivity index (χ0v) is 13.8. The largest absolute Gasteiger partial charge is 0.450 e. The second kappa shape index (κ2) is 6.36. The molecule has 1 amide bonds. The molecule has 1 aromatic heterocycles. The third kappa shape index (κ3) is 3.07. The number of benzene rings is 2. The summed E-state index contributed by atoms with van der Waals surface area (Å²) < 4.78 is 6.48. The first-order valence-electron chi connectivity index (χ1n) is 7.16. The molecule has 22 heavy (non-hydrogen) atoms. The minimum absolute atomic E-state index is 0.184. The van der Waals surface area contributed by atoms with Crippen molar-refractivity contribution in [2.45, 2.75) is 13.3 Å². The second-order valence-corrected chi connectivity index (χ2v) is 6.06. The fourth-order valence-electron chi connectivity index (χ4n) is 2.43. The Morgan fingerprint density at radius 2 is 2.00 bits per heavy atom. The average Bonchev–Trinajstić information content (AvgIpc) is 2.95. The van der Waals surface area contributed by atoms with Gasteiger partial charge in [-0.3, -0.25) is 4.79 Å². The van der Waals surface area contributed by atoms with Gasteiger partial charge in [-0.1, -0.05) is 36.4 Å². The molecule has 0 aliphatic rings. The molecule has 3 rings (SSSR count). The van der Waals surface area contributed by atoms with Crippen LogP contribution in [0.25, 0.3) is 11.0 Å². The monoisotopic (exact) mass is 357 g/mol. The average molecular weight is 358 g/mol. The lowest BCUT2D eigenvalue weighted by Crippen LogP contribution is -2.25. The summed E-state index contributed by atoms with van der Waals surface area (Å²) in [6, 6.07) is 15.7. The maximum absolute atomic E-state index is 12.2. The van der Waals surface area contributed by atoms with Crippen LogP contribution in [0.1, 0.15) is 21.7 Å². The Labute approximate surface area is 137 Å². The molecule has 0 saturated carbocycles. The van der Waals surface area contributed by atoms with E-state index in [1.807, 2.05) is 30.3 Å². The molecule has 4 heteroatoms. The van der Waals surface area contributed by atoms with Crippen molar-refractivity contribution in [2.24, 2.45) is 0 Å². The number of nitrogens with one attached hydrogen (secondary N) is 1. The SMILES string of the molecule is Cc1ccccc1CCNC(=O)c1cc2cccc(Br)c2o1. The van der Waals surface area contributed by atoms with Crippen molar-refractivity contribution in [3.8, 4) is 0 Å². The molecule has 0 saturated heterocycles. The quantitative estimate of drug-likeness (QED) is 0.747. The van der Waals surface area contributed by atoms with Crippen LogP contribution >= 0.6 is 15.9 Å². The molecule has 1 heterocycles. The molecule has 0 radical (unpaired) electrons. The van der Waals surface area contributed by atoms with Crippen molar-refractivity contribution in [1.29, 1.82) is 0 Å². The molecule has 3 nitrogen and oxygen atoms in total. The Balaban J connectivity index is 1.66. The highest BCUT2D eigenvalue weighted by Crippen LogP contribution is 2.26. The number of halogens is 1. The summed E-state index contributed by atoms with van der Waals surface area (Å²) in [6.07, 6.45) is 0.808. The van der Waals surface area contributed by atoms with Gasteiger partial charge in [0.2, 0.25) is 0 Å². The normalized spacial score (nSPS) is 10.8. The maximum atomic E-state index is 12.2. The van der Waals surface area contributed by atoms with E-state index in [1.54, 1.807) is 6.07 Å². The van der Waals surface area contributed by atoms with Gasteiger partial charge in [-0.2, -0.15) is 0 Å². The summed E-state index contributed by atoms with van der Waals surface area (Å²) in [6.45, 7) is 2.66. The van der Waals surface area contributed by atoms with Crippen molar-refractivity contribution in [3.05, 3.63) is 69.9 Å². The van der Waals surface area contributed by atoms with E-state index in [0.29, 0.717) is 17.9 Å². The maximum Gasteiger partial charge on any atom is 0.287 e. The lowest BCUT2D eigenvalue weighted by molar-refractivity contribution is 0.0928. The van der Waals surface area contributed by atoms with E-state index >= 15 is 0 Å². The van der Waals surface area contributed by atoms with Crippen LogP contribution in [0.5, 0.6) is 0 Å². The van der Waals surface area contributed by atoms with Crippen molar-refractivity contribution in [1.82, 2.24) is 5.32 Å². The number of amides is 1. The van der Waals surface area contributed by atoms with Crippen molar-refractivity contribution in [2.75, 3.05) is 6.54 Å². The number of hydrogen-bond donors (Lipinski definition) is 1. The molecule has 1 N–H and O–H groups in total. The third-order valence-electron chi connectivity index (χ3n) is 3.66. The summed E-state index contributed by atoms with van der Waals surface area (Å²) in [7, 11) is 0. The first-order chi connectivity index (χ1) is 10.6. The lowest BCUT2D eigenvalue weighted by Gasteiger charge is -2.06. The minimum atomic E-state index is -0.184. The summed E-state index contributed by atoms with van der Waals surface area (Å²) >= 11 is 3.43. The van der Waals surface area contributed by atoms with Gasteiger partial charge in [-0.25, -0.2) is 0 Å². The summed E-state index contributed by atoms with van der Waals surface area (Å²) in [4.78, 5) is 12.2. The highest BCUT2D eigenvalue weighted by atomic mass is 79.9. The fourth-order valence-corrected chi connectivity index (χ4v) is 2.89. The van der Waals surface area contributed by atoms with Crippen LogP contribution in [0, 0.1) is 6.92 Å². The van der Waals surface area contributed by atoms with Gasteiger partial charge in [0.1, 0.15) is 5.58 Å². The van der Waals surface area contributed by atoms with E-state index in [0.717, 1.165) is 16.3 Å². The molecule has 0 atom stereocenters. The standard InChI is InChI=1S/C18H16BrNO2/c1-12-5-2-3-6-13(12)9-10-20-18(21)16-11-14-7-4-8-15(19)17(14)22-16/h2-8,11H,9-10H2,1H3,(H,20,21). The molecule has 0 spiro atoms. The predicted octanol–water partition coefficient (Wildman–Crippen LogP) is 4.48. The van der Waals surface area contributed by atoms with Crippen molar-refractivity contribution < 1.29 is 9.21 Å². The number of carbonyl (C=O) groups is 1. The molecule has 0 aliphatic heterocycles. The van der Waals surface area contributed by atoms with Crippen LogP contribution in [0.3, 0.4) is 0 Å². The number of fused-ring (bicyclic) bond motifs is 1. The third-order valence-corrected chi connectivity index (χ3v) is 4.29. The molecular formula is C18H16BrNO2. The number of hydrogen-bond acceptors (Lipinski definition) is 2. The molecule has 112 valence electrons. The first kappa shape index (κ1) is 14.9. The first-order valence-corrected chi connectivity index (χ1v) is 7.95. The van der Waals surface area contributed by atoms with Crippen LogP contribution in [-0.2, 0) is 6.42 Å². The Kier molecular flexibility index (Phi) is 4.29. The summed E-state index contributed by atoms with van der Waals surface area (Å²) in [5.41, 5.74) is 3.19. The molecule has 0 unspecified atom stereocenters. The molecular weight excluding hydrogens is 342 g/mol. The van der Waals surface area contributed by atoms with Crippen molar-refractivity contribution in [3.63, 3.8) is 0 Å². The van der Waals surface area contributed by atoms with E-state index < -0.39 is 0 Å². The molecule has 0 aliphatic carbocycles. The Hall–Kier alpha value is -2.07. The highest BCUT2D eigenvalue weighted by molar-refractivity contribution is 9.10. The van der Waals surface area contributed by atoms with Gasteiger partial charge in [0, 0.05) is 11.9 Å². The van der Waals surface area contributed by atoms with Crippen LogP contribution in [0.2, 0.25) is 0 Å². The smallest absolute Gasteiger partial charge is 0.287 e. The number of para-hydroxylation sites is 1. The Morgan fingerprint density at radius 3 is 2.77 bits per heavy atom. The van der Waals surface area contributed by atoms with E-state index in [2.05, 4.69) is 40.3 Å². The number of aryl methyl sites for hydroxylation is 1. The molecule has 3 aromatic rings. The van der Waals surface area contributed by atoms with Gasteiger partial charge in [-0.15, -0.1) is 0 Å². The molecule has 0 fully saturated rings. The van der Waals surface area contributed by atoms with Gasteiger partial charge in [0.15, 0.2) is 5.76 Å². The summed E-state index contributed by atoms with van der Waals surface area (Å²) in [5.74, 6) is 0.156. The van der Waals surface area contributed by atoms with Crippen LogP contribution < -0.4 is 5.32 Å². The van der Waals surface area contributed by atoms with Crippen LogP contribution in [-0.4, -0.2) is 12.5 Å². The second-order valence-electron chi connectivity index (χ2n) is 5.20. The van der Waals surface area contributed by atoms with Gasteiger partial charge in [0.25, 0.3) is 5.91 Å². The van der Waals surface area contributed by atoms with Gasteiger partial charge >= 0.3 is 0 Å². The number of rotatable bonds is 4. The molecule has 0 bridgehead atoms. The Morgan fingerprint density at radius 1 is 1.18 bits per heavy atom. The van der Waals surface area contributed by atoms with Gasteiger partial charge in [0.05, 0.1) is 4.47 Å². The van der Waals surface area contributed by atoms with E-state index in [1.165, 1.54) is 11.1 Å². The Bertz CT molecular complexity index is 823. The van der Waals surface area contributed by atoms with E-state index in [4.69, 9.17) is 4.42 Å². The van der Waals surface area contributed by atoms with Crippen molar-refractivity contribution >= 4 is 32.8 Å².